The second-order valence-electron chi connectivity index (χ2n) is 8.79. The third kappa shape index (κ3) is 4.06. The Labute approximate surface area is 182 Å². The molecule has 0 bridgehead atoms. The lowest BCUT2D eigenvalue weighted by Crippen LogP contribution is -2.46. The number of hydrogen-bond acceptors (Lipinski definition) is 5. The highest BCUT2D eigenvalue weighted by atomic mass is 32.2. The molecule has 4 rings (SSSR count). The molecule has 0 radical (unpaired) electrons. The monoisotopic (exact) mass is 448 g/mol. The Kier molecular flexibility index (Phi) is 5.55. The van der Waals surface area contributed by atoms with Gasteiger partial charge in [0.1, 0.15) is 12.1 Å². The van der Waals surface area contributed by atoms with E-state index < -0.39 is 40.0 Å². The maximum atomic E-state index is 12.9. The number of amides is 4. The lowest BCUT2D eigenvalue weighted by atomic mass is 9.96. The number of nitrogens with one attached hydrogen (secondary N) is 2. The maximum absolute atomic E-state index is 12.9. The van der Waals surface area contributed by atoms with E-state index >= 15 is 0 Å². The van der Waals surface area contributed by atoms with Gasteiger partial charge in [-0.2, -0.15) is 4.31 Å². The van der Waals surface area contributed by atoms with Crippen molar-refractivity contribution in [3.05, 3.63) is 23.8 Å². The molecule has 0 spiro atoms. The van der Waals surface area contributed by atoms with E-state index in [0.29, 0.717) is 24.3 Å². The van der Waals surface area contributed by atoms with Crippen molar-refractivity contribution in [2.45, 2.75) is 56.4 Å². The van der Waals surface area contributed by atoms with E-state index in [9.17, 15) is 22.8 Å². The molecule has 2 saturated heterocycles. The minimum atomic E-state index is -3.64. The van der Waals surface area contributed by atoms with Crippen molar-refractivity contribution in [3.8, 4) is 0 Å². The molecule has 168 valence electrons. The lowest BCUT2D eigenvalue weighted by Gasteiger charge is -2.26. The van der Waals surface area contributed by atoms with Gasteiger partial charge in [0.05, 0.1) is 4.90 Å². The van der Waals surface area contributed by atoms with Gasteiger partial charge >= 0.3 is 6.03 Å². The number of carbonyl (C=O) groups is 3. The summed E-state index contributed by atoms with van der Waals surface area (Å²) in [5, 5.41) is 5.38. The van der Waals surface area contributed by atoms with Crippen LogP contribution in [0.15, 0.2) is 23.1 Å². The summed E-state index contributed by atoms with van der Waals surface area (Å²) in [4.78, 5) is 38.7. The molecule has 9 nitrogen and oxygen atoms in total. The van der Waals surface area contributed by atoms with Gasteiger partial charge in [0.25, 0.3) is 5.91 Å². The van der Waals surface area contributed by atoms with Crippen molar-refractivity contribution in [1.29, 1.82) is 0 Å². The van der Waals surface area contributed by atoms with E-state index in [1.165, 1.54) is 16.4 Å². The molecule has 1 aliphatic carbocycles. The minimum Gasteiger partial charge on any atom is -0.324 e. The second kappa shape index (κ2) is 7.90. The van der Waals surface area contributed by atoms with Gasteiger partial charge in [0, 0.05) is 18.8 Å². The third-order valence-electron chi connectivity index (χ3n) is 6.43. The van der Waals surface area contributed by atoms with Crippen molar-refractivity contribution >= 4 is 33.6 Å². The van der Waals surface area contributed by atoms with E-state index in [-0.39, 0.29) is 10.8 Å². The fourth-order valence-electron chi connectivity index (χ4n) is 4.28. The molecule has 10 heteroatoms. The molecule has 0 aromatic heterocycles. The molecule has 1 atom stereocenters. The molecule has 2 N–H and O–H groups in total. The highest BCUT2D eigenvalue weighted by Gasteiger charge is 2.56. The van der Waals surface area contributed by atoms with Crippen LogP contribution in [0.25, 0.3) is 0 Å². The zero-order valence-corrected chi connectivity index (χ0v) is 18.6. The normalized spacial score (nSPS) is 24.9. The van der Waals surface area contributed by atoms with Crippen LogP contribution in [0.1, 0.15) is 44.6 Å². The maximum Gasteiger partial charge on any atom is 0.325 e. The van der Waals surface area contributed by atoms with Crippen molar-refractivity contribution in [1.82, 2.24) is 14.5 Å². The standard InChI is InChI=1S/C21H28N4O5S/c1-14-6-9-16(31(29,30)24-10-4-3-5-11-24)12-17(14)22-18(26)13-25-19(27)21(2,15-7-8-15)23-20(25)28/h6,9,12,15H,3-5,7-8,10-11,13H2,1-2H3,(H,22,26)(H,23,28). The molecule has 1 saturated carbocycles. The lowest BCUT2D eigenvalue weighted by molar-refractivity contribution is -0.134. The van der Waals surface area contributed by atoms with E-state index in [1.54, 1.807) is 19.9 Å². The second-order valence-corrected chi connectivity index (χ2v) is 10.7. The van der Waals surface area contributed by atoms with Crippen LogP contribution >= 0.6 is 0 Å². The first kappa shape index (κ1) is 21.8. The van der Waals surface area contributed by atoms with Crippen molar-refractivity contribution in [2.24, 2.45) is 5.92 Å². The number of aryl methyl sites for hydroxylation is 1. The summed E-state index contributed by atoms with van der Waals surface area (Å²) in [5.74, 6) is -0.844. The average molecular weight is 449 g/mol. The Morgan fingerprint density at radius 1 is 1.19 bits per heavy atom. The Morgan fingerprint density at radius 2 is 1.87 bits per heavy atom. The Morgan fingerprint density at radius 3 is 2.52 bits per heavy atom. The number of imide groups is 1. The number of rotatable bonds is 6. The summed E-state index contributed by atoms with van der Waals surface area (Å²) in [6.07, 6.45) is 4.44. The van der Waals surface area contributed by atoms with Crippen LogP contribution < -0.4 is 10.6 Å². The van der Waals surface area contributed by atoms with Crippen molar-refractivity contribution in [2.75, 3.05) is 25.0 Å². The first-order valence-electron chi connectivity index (χ1n) is 10.7. The Bertz CT molecular complexity index is 1030. The fraction of sp³-hybridized carbons (Fsp3) is 0.571. The highest BCUT2D eigenvalue weighted by molar-refractivity contribution is 7.89. The molecule has 1 unspecified atom stereocenters. The smallest absolute Gasteiger partial charge is 0.324 e. The zero-order chi connectivity index (χ0) is 22.4. The average Bonchev–Trinajstić information content (AvgIpc) is 3.56. The van der Waals surface area contributed by atoms with Gasteiger partial charge in [0.2, 0.25) is 15.9 Å². The van der Waals surface area contributed by atoms with Crippen molar-refractivity contribution in [3.63, 3.8) is 0 Å². The first-order valence-corrected chi connectivity index (χ1v) is 12.1. The van der Waals surface area contributed by atoms with Crippen LogP contribution in [0, 0.1) is 12.8 Å². The van der Waals surface area contributed by atoms with Crippen molar-refractivity contribution < 1.29 is 22.8 Å². The van der Waals surface area contributed by atoms with Crippen LogP contribution in [-0.4, -0.2) is 60.6 Å². The predicted molar refractivity (Wildman–Crippen MR) is 114 cm³/mol. The third-order valence-corrected chi connectivity index (χ3v) is 8.33. The largest absolute Gasteiger partial charge is 0.325 e. The molecular weight excluding hydrogens is 420 g/mol. The highest BCUT2D eigenvalue weighted by Crippen LogP contribution is 2.42. The number of piperidine rings is 1. The predicted octanol–water partition coefficient (Wildman–Crippen LogP) is 1.83. The quantitative estimate of drug-likeness (QED) is 0.644. The SMILES string of the molecule is Cc1ccc(S(=O)(=O)N2CCCCC2)cc1NC(=O)CN1C(=O)NC(C)(C2CC2)C1=O. The zero-order valence-electron chi connectivity index (χ0n) is 17.8. The Hall–Kier alpha value is -2.46. The number of hydrogen-bond donors (Lipinski definition) is 2. The number of urea groups is 1. The fourth-order valence-corrected chi connectivity index (χ4v) is 5.82. The van der Waals surface area contributed by atoms with Crippen LogP contribution in [-0.2, 0) is 19.6 Å². The summed E-state index contributed by atoms with van der Waals surface area (Å²) >= 11 is 0. The number of nitrogens with zero attached hydrogens (tertiary/aromatic N) is 2. The van der Waals surface area contributed by atoms with E-state index in [0.717, 1.165) is 37.0 Å². The number of benzene rings is 1. The van der Waals surface area contributed by atoms with Gasteiger partial charge in [-0.25, -0.2) is 13.2 Å². The van der Waals surface area contributed by atoms with Crippen LogP contribution in [0.5, 0.6) is 0 Å². The molecule has 2 aliphatic heterocycles. The Balaban J connectivity index is 1.48. The summed E-state index contributed by atoms with van der Waals surface area (Å²) in [6.45, 7) is 4.01. The summed E-state index contributed by atoms with van der Waals surface area (Å²) < 4.78 is 27.4. The molecule has 3 aliphatic rings. The number of sulfonamides is 1. The summed E-state index contributed by atoms with van der Waals surface area (Å²) in [7, 11) is -3.64. The molecule has 1 aromatic carbocycles. The van der Waals surface area contributed by atoms with Gasteiger partial charge in [-0.3, -0.25) is 14.5 Å². The van der Waals surface area contributed by atoms with Gasteiger partial charge in [-0.05, 0) is 63.1 Å². The number of carbonyl (C=O) groups excluding carboxylic acids is 3. The first-order chi connectivity index (χ1) is 14.6. The van der Waals surface area contributed by atoms with Gasteiger partial charge < -0.3 is 10.6 Å². The van der Waals surface area contributed by atoms with Gasteiger partial charge in [-0.15, -0.1) is 0 Å². The van der Waals surface area contributed by atoms with E-state index in [2.05, 4.69) is 10.6 Å². The van der Waals surface area contributed by atoms with Gasteiger partial charge in [-0.1, -0.05) is 12.5 Å². The minimum absolute atomic E-state index is 0.107. The molecular formula is C21H28N4O5S. The topological polar surface area (TPSA) is 116 Å². The molecule has 3 fully saturated rings. The molecule has 31 heavy (non-hydrogen) atoms. The number of anilines is 1. The van der Waals surface area contributed by atoms with E-state index in [4.69, 9.17) is 0 Å². The molecule has 4 amide bonds. The molecule has 1 aromatic rings. The summed E-state index contributed by atoms with van der Waals surface area (Å²) in [5.41, 5.74) is 0.0847. The van der Waals surface area contributed by atoms with E-state index in [1.807, 2.05) is 0 Å². The summed E-state index contributed by atoms with van der Waals surface area (Å²) in [6, 6.07) is 4.04. The molecule has 2 heterocycles. The van der Waals surface area contributed by atoms with Crippen LogP contribution in [0.4, 0.5) is 10.5 Å². The van der Waals surface area contributed by atoms with Crippen LogP contribution in [0.2, 0.25) is 0 Å². The van der Waals surface area contributed by atoms with Gasteiger partial charge in [0.15, 0.2) is 0 Å². The van der Waals surface area contributed by atoms with Crippen LogP contribution in [0.3, 0.4) is 0 Å².